The SMILES string of the molecule is CCC(Oc1cccc(C)c1C)C(=O)NCc1ccc(CN2CCCCC2)cc1. The number of carbonyl (C=O) groups is 1. The van der Waals surface area contributed by atoms with Gasteiger partial charge in [-0.3, -0.25) is 9.69 Å². The van der Waals surface area contributed by atoms with Crippen LogP contribution >= 0.6 is 0 Å². The van der Waals surface area contributed by atoms with Crippen molar-refractivity contribution in [1.29, 1.82) is 0 Å². The van der Waals surface area contributed by atoms with Crippen molar-refractivity contribution >= 4 is 5.91 Å². The van der Waals surface area contributed by atoms with Gasteiger partial charge in [0, 0.05) is 13.1 Å². The largest absolute Gasteiger partial charge is 0.480 e. The Balaban J connectivity index is 1.51. The van der Waals surface area contributed by atoms with Crippen LogP contribution in [0.5, 0.6) is 5.75 Å². The third-order valence-electron chi connectivity index (χ3n) is 5.83. The third-order valence-corrected chi connectivity index (χ3v) is 5.83. The zero-order valence-corrected chi connectivity index (χ0v) is 18.0. The number of hydrogen-bond donors (Lipinski definition) is 1. The van der Waals surface area contributed by atoms with Gasteiger partial charge in [0.25, 0.3) is 5.91 Å². The maximum Gasteiger partial charge on any atom is 0.261 e. The molecule has 156 valence electrons. The van der Waals surface area contributed by atoms with Crippen LogP contribution in [0.2, 0.25) is 0 Å². The molecule has 4 heteroatoms. The lowest BCUT2D eigenvalue weighted by Gasteiger charge is -2.26. The van der Waals surface area contributed by atoms with Crippen molar-refractivity contribution in [2.45, 2.75) is 65.6 Å². The number of amides is 1. The Labute approximate surface area is 175 Å². The summed E-state index contributed by atoms with van der Waals surface area (Å²) in [5.41, 5.74) is 4.71. The molecule has 1 atom stereocenters. The lowest BCUT2D eigenvalue weighted by molar-refractivity contribution is -0.128. The molecule has 0 bridgehead atoms. The number of aryl methyl sites for hydroxylation is 1. The van der Waals surface area contributed by atoms with Crippen LogP contribution in [0.1, 0.15) is 54.9 Å². The van der Waals surface area contributed by atoms with Crippen molar-refractivity contribution in [3.63, 3.8) is 0 Å². The Kier molecular flexibility index (Phi) is 7.70. The topological polar surface area (TPSA) is 41.6 Å². The maximum atomic E-state index is 12.6. The molecule has 0 radical (unpaired) electrons. The van der Waals surface area contributed by atoms with Gasteiger partial charge in [-0.15, -0.1) is 0 Å². The molecule has 0 spiro atoms. The van der Waals surface area contributed by atoms with E-state index in [0.717, 1.165) is 23.4 Å². The number of piperidine rings is 1. The minimum atomic E-state index is -0.478. The van der Waals surface area contributed by atoms with Gasteiger partial charge in [0.15, 0.2) is 6.10 Å². The van der Waals surface area contributed by atoms with Gasteiger partial charge in [0.1, 0.15) is 5.75 Å². The average Bonchev–Trinajstić information content (AvgIpc) is 2.75. The summed E-state index contributed by atoms with van der Waals surface area (Å²) >= 11 is 0. The summed E-state index contributed by atoms with van der Waals surface area (Å²) in [6, 6.07) is 14.5. The fourth-order valence-electron chi connectivity index (χ4n) is 3.77. The van der Waals surface area contributed by atoms with Gasteiger partial charge in [-0.2, -0.15) is 0 Å². The molecule has 1 N–H and O–H groups in total. The minimum Gasteiger partial charge on any atom is -0.480 e. The summed E-state index contributed by atoms with van der Waals surface area (Å²) in [5, 5.41) is 3.03. The van der Waals surface area contributed by atoms with Crippen LogP contribution in [0.25, 0.3) is 0 Å². The fraction of sp³-hybridized carbons (Fsp3) is 0.480. The summed E-state index contributed by atoms with van der Waals surface area (Å²) in [5.74, 6) is 0.722. The summed E-state index contributed by atoms with van der Waals surface area (Å²) < 4.78 is 6.01. The minimum absolute atomic E-state index is 0.0641. The van der Waals surface area contributed by atoms with Crippen LogP contribution in [0.3, 0.4) is 0 Å². The van der Waals surface area contributed by atoms with Gasteiger partial charge in [-0.25, -0.2) is 0 Å². The number of likely N-dealkylation sites (tertiary alicyclic amines) is 1. The van der Waals surface area contributed by atoms with E-state index in [-0.39, 0.29) is 5.91 Å². The predicted molar refractivity (Wildman–Crippen MR) is 118 cm³/mol. The number of ether oxygens (including phenoxy) is 1. The predicted octanol–water partition coefficient (Wildman–Crippen LogP) is 4.76. The highest BCUT2D eigenvalue weighted by Crippen LogP contribution is 2.22. The van der Waals surface area contributed by atoms with Crippen LogP contribution in [-0.2, 0) is 17.9 Å². The van der Waals surface area contributed by atoms with Crippen molar-refractivity contribution < 1.29 is 9.53 Å². The number of rotatable bonds is 8. The van der Waals surface area contributed by atoms with E-state index in [0.29, 0.717) is 13.0 Å². The van der Waals surface area contributed by atoms with Crippen molar-refractivity contribution in [3.8, 4) is 5.75 Å². The van der Waals surface area contributed by atoms with E-state index in [4.69, 9.17) is 4.74 Å². The Morgan fingerprint density at radius 3 is 2.41 bits per heavy atom. The monoisotopic (exact) mass is 394 g/mol. The first-order chi connectivity index (χ1) is 14.1. The maximum absolute atomic E-state index is 12.6. The summed E-state index contributed by atoms with van der Waals surface area (Å²) in [6.45, 7) is 10.0. The molecule has 0 aliphatic carbocycles. The molecule has 1 unspecified atom stereocenters. The van der Waals surface area contributed by atoms with E-state index >= 15 is 0 Å². The van der Waals surface area contributed by atoms with Gasteiger partial charge in [-0.1, -0.05) is 49.7 Å². The fourth-order valence-corrected chi connectivity index (χ4v) is 3.77. The molecule has 4 nitrogen and oxygen atoms in total. The van der Waals surface area contributed by atoms with Gasteiger partial charge >= 0.3 is 0 Å². The highest BCUT2D eigenvalue weighted by atomic mass is 16.5. The molecular weight excluding hydrogens is 360 g/mol. The van der Waals surface area contributed by atoms with Crippen LogP contribution in [0, 0.1) is 13.8 Å². The van der Waals surface area contributed by atoms with Crippen LogP contribution in [-0.4, -0.2) is 30.0 Å². The van der Waals surface area contributed by atoms with Gasteiger partial charge in [0.05, 0.1) is 0 Å². The Morgan fingerprint density at radius 2 is 1.72 bits per heavy atom. The first-order valence-corrected chi connectivity index (χ1v) is 10.9. The van der Waals surface area contributed by atoms with Crippen LogP contribution in [0.15, 0.2) is 42.5 Å². The lowest BCUT2D eigenvalue weighted by Crippen LogP contribution is -2.37. The van der Waals surface area contributed by atoms with E-state index in [9.17, 15) is 4.79 Å². The van der Waals surface area contributed by atoms with Crippen LogP contribution < -0.4 is 10.1 Å². The molecule has 3 rings (SSSR count). The van der Waals surface area contributed by atoms with Crippen molar-refractivity contribution in [2.24, 2.45) is 0 Å². The Hall–Kier alpha value is -2.33. The summed E-state index contributed by atoms with van der Waals surface area (Å²) in [4.78, 5) is 15.2. The number of benzene rings is 2. The molecule has 2 aromatic carbocycles. The molecule has 1 aliphatic rings. The molecule has 0 aromatic heterocycles. The van der Waals surface area contributed by atoms with E-state index in [2.05, 4.69) is 47.5 Å². The molecule has 29 heavy (non-hydrogen) atoms. The first-order valence-electron chi connectivity index (χ1n) is 10.9. The number of hydrogen-bond acceptors (Lipinski definition) is 3. The van der Waals surface area contributed by atoms with Crippen LogP contribution in [0.4, 0.5) is 0 Å². The zero-order chi connectivity index (χ0) is 20.6. The van der Waals surface area contributed by atoms with Gasteiger partial charge in [-0.05, 0) is 74.5 Å². The summed E-state index contributed by atoms with van der Waals surface area (Å²) in [7, 11) is 0. The quantitative estimate of drug-likeness (QED) is 0.702. The van der Waals surface area contributed by atoms with Crippen molar-refractivity contribution in [3.05, 3.63) is 64.7 Å². The zero-order valence-electron chi connectivity index (χ0n) is 18.0. The number of nitrogens with zero attached hydrogens (tertiary/aromatic N) is 1. The smallest absolute Gasteiger partial charge is 0.261 e. The van der Waals surface area contributed by atoms with Gasteiger partial charge < -0.3 is 10.1 Å². The molecule has 1 amide bonds. The second-order valence-corrected chi connectivity index (χ2v) is 8.08. The summed E-state index contributed by atoms with van der Waals surface area (Å²) in [6.07, 6.45) is 4.14. The van der Waals surface area contributed by atoms with E-state index in [1.165, 1.54) is 43.5 Å². The molecule has 1 aliphatic heterocycles. The molecule has 1 heterocycles. The second kappa shape index (κ2) is 10.4. The highest BCUT2D eigenvalue weighted by Gasteiger charge is 2.19. The molecule has 2 aromatic rings. The standard InChI is InChI=1S/C25H34N2O2/c1-4-23(29-24-10-8-9-19(2)20(24)3)25(28)26-17-21-11-13-22(14-12-21)18-27-15-6-5-7-16-27/h8-14,23H,4-7,15-18H2,1-3H3,(H,26,28). The van der Waals surface area contributed by atoms with Crippen molar-refractivity contribution in [1.82, 2.24) is 10.2 Å². The average molecular weight is 395 g/mol. The molecule has 0 saturated carbocycles. The van der Waals surface area contributed by atoms with E-state index < -0.39 is 6.10 Å². The van der Waals surface area contributed by atoms with E-state index in [1.807, 2.05) is 26.0 Å². The number of nitrogens with one attached hydrogen (secondary N) is 1. The lowest BCUT2D eigenvalue weighted by atomic mass is 10.1. The Morgan fingerprint density at radius 1 is 1.03 bits per heavy atom. The van der Waals surface area contributed by atoms with Crippen molar-refractivity contribution in [2.75, 3.05) is 13.1 Å². The normalized spacial score (nSPS) is 15.7. The van der Waals surface area contributed by atoms with E-state index in [1.54, 1.807) is 0 Å². The molecule has 1 fully saturated rings. The highest BCUT2D eigenvalue weighted by molar-refractivity contribution is 5.81. The Bertz CT molecular complexity index is 795. The third kappa shape index (κ3) is 6.07. The molecular formula is C25H34N2O2. The molecule has 1 saturated heterocycles. The number of carbonyl (C=O) groups excluding carboxylic acids is 1. The first kappa shape index (κ1) is 21.4. The second-order valence-electron chi connectivity index (χ2n) is 8.08. The van der Waals surface area contributed by atoms with Gasteiger partial charge in [0.2, 0.25) is 0 Å².